The van der Waals surface area contributed by atoms with Crippen molar-refractivity contribution in [2.45, 2.75) is 6.36 Å². The first-order chi connectivity index (χ1) is 11.5. The maximum absolute atomic E-state index is 12.2. The average Bonchev–Trinajstić information content (AvgIpc) is 2.99. The van der Waals surface area contributed by atoms with Gasteiger partial charge in [0.2, 0.25) is 0 Å². The minimum Gasteiger partial charge on any atom is -0.406 e. The highest BCUT2D eigenvalue weighted by Crippen LogP contribution is 2.25. The molecular weight excluding hydrogens is 323 g/mol. The number of benzene rings is 1. The van der Waals surface area contributed by atoms with Gasteiger partial charge in [-0.05, 0) is 24.3 Å². The normalized spacial score (nSPS) is 15.2. The highest BCUT2D eigenvalue weighted by molar-refractivity contribution is 5.48. The fourth-order valence-electron chi connectivity index (χ4n) is 2.48. The van der Waals surface area contributed by atoms with Crippen LogP contribution in [0, 0.1) is 11.3 Å². The van der Waals surface area contributed by atoms with Crippen LogP contribution >= 0.6 is 0 Å². The van der Waals surface area contributed by atoms with Gasteiger partial charge >= 0.3 is 6.36 Å². The molecule has 1 aliphatic heterocycles. The minimum absolute atomic E-state index is 0.313. The van der Waals surface area contributed by atoms with Gasteiger partial charge in [0.15, 0.2) is 5.82 Å². The summed E-state index contributed by atoms with van der Waals surface area (Å²) in [5.41, 5.74) is 0.801. The number of nitrogens with one attached hydrogen (secondary N) is 1. The highest BCUT2D eigenvalue weighted by atomic mass is 19.4. The van der Waals surface area contributed by atoms with E-state index in [1.165, 1.54) is 28.9 Å². The molecule has 9 heteroatoms. The molecule has 1 aromatic heterocycles. The summed E-state index contributed by atoms with van der Waals surface area (Å²) in [6, 6.07) is 8.96. The second kappa shape index (κ2) is 6.41. The van der Waals surface area contributed by atoms with E-state index in [0.29, 0.717) is 17.2 Å². The van der Waals surface area contributed by atoms with Crippen LogP contribution in [-0.2, 0) is 0 Å². The fourth-order valence-corrected chi connectivity index (χ4v) is 2.48. The summed E-state index contributed by atoms with van der Waals surface area (Å²) < 4.78 is 41.8. The molecule has 0 atom stereocenters. The zero-order chi connectivity index (χ0) is 17.2. The molecule has 0 saturated carbocycles. The van der Waals surface area contributed by atoms with Crippen molar-refractivity contribution >= 4 is 5.82 Å². The van der Waals surface area contributed by atoms with Crippen molar-refractivity contribution in [2.75, 3.05) is 31.1 Å². The summed E-state index contributed by atoms with van der Waals surface area (Å²) in [5.74, 6) is 0.350. The molecule has 1 saturated heterocycles. The van der Waals surface area contributed by atoms with Crippen LogP contribution in [0.25, 0.3) is 5.69 Å². The van der Waals surface area contributed by atoms with Crippen LogP contribution in [0.5, 0.6) is 5.75 Å². The van der Waals surface area contributed by atoms with Gasteiger partial charge in [0.25, 0.3) is 0 Å². The monoisotopic (exact) mass is 337 g/mol. The summed E-state index contributed by atoms with van der Waals surface area (Å²) in [6.45, 7) is 3.22. The maximum Gasteiger partial charge on any atom is 0.573 e. The standard InChI is InChI=1S/C15H14F3N5O/c16-15(17,18)24-13-3-1-11(2-4-13)23-12(10-19)9-14(21-23)22-7-5-20-6-8-22/h1-4,9,20H,5-8H2. The Hall–Kier alpha value is -2.73. The van der Waals surface area contributed by atoms with Crippen molar-refractivity contribution in [1.29, 1.82) is 5.26 Å². The quantitative estimate of drug-likeness (QED) is 0.929. The maximum atomic E-state index is 12.2. The number of nitriles is 1. The van der Waals surface area contributed by atoms with Crippen LogP contribution in [0.2, 0.25) is 0 Å². The largest absolute Gasteiger partial charge is 0.573 e. The summed E-state index contributed by atoms with van der Waals surface area (Å²) in [6.07, 6.45) is -4.74. The van der Waals surface area contributed by atoms with Gasteiger partial charge in [-0.1, -0.05) is 0 Å². The predicted octanol–water partition coefficient (Wildman–Crippen LogP) is 2.05. The molecule has 6 nitrogen and oxygen atoms in total. The van der Waals surface area contributed by atoms with E-state index in [4.69, 9.17) is 0 Å². The molecule has 0 amide bonds. The Kier molecular flexibility index (Phi) is 4.31. The molecule has 1 N–H and O–H groups in total. The molecule has 2 aromatic rings. The Morgan fingerprint density at radius 2 is 1.83 bits per heavy atom. The van der Waals surface area contributed by atoms with Gasteiger partial charge in [0, 0.05) is 32.2 Å². The second-order valence-electron chi connectivity index (χ2n) is 5.19. The van der Waals surface area contributed by atoms with Gasteiger partial charge in [0.05, 0.1) is 5.69 Å². The minimum atomic E-state index is -4.74. The Bertz CT molecular complexity index is 742. The Morgan fingerprint density at radius 3 is 2.42 bits per heavy atom. The fraction of sp³-hybridized carbons (Fsp3) is 0.333. The molecule has 1 aliphatic rings. The van der Waals surface area contributed by atoms with Crippen LogP contribution < -0.4 is 15.0 Å². The van der Waals surface area contributed by atoms with Gasteiger partial charge in [0.1, 0.15) is 17.5 Å². The van der Waals surface area contributed by atoms with Crippen molar-refractivity contribution < 1.29 is 17.9 Å². The smallest absolute Gasteiger partial charge is 0.406 e. The van der Waals surface area contributed by atoms with Gasteiger partial charge in [-0.2, -0.15) is 5.26 Å². The molecule has 0 aliphatic carbocycles. The Labute approximate surface area is 136 Å². The molecule has 2 heterocycles. The lowest BCUT2D eigenvalue weighted by Gasteiger charge is -2.27. The zero-order valence-corrected chi connectivity index (χ0v) is 12.5. The number of aromatic nitrogens is 2. The molecule has 0 radical (unpaired) electrons. The topological polar surface area (TPSA) is 66.1 Å². The number of piperazine rings is 1. The summed E-state index contributed by atoms with van der Waals surface area (Å²) in [4.78, 5) is 2.05. The molecule has 0 spiro atoms. The van der Waals surface area contributed by atoms with E-state index in [1.54, 1.807) is 6.07 Å². The summed E-state index contributed by atoms with van der Waals surface area (Å²) in [7, 11) is 0. The lowest BCUT2D eigenvalue weighted by Crippen LogP contribution is -2.43. The first kappa shape index (κ1) is 16.1. The number of rotatable bonds is 3. The lowest BCUT2D eigenvalue weighted by molar-refractivity contribution is -0.274. The molecule has 1 aromatic carbocycles. The molecule has 24 heavy (non-hydrogen) atoms. The van der Waals surface area contributed by atoms with E-state index >= 15 is 0 Å². The first-order valence-electron chi connectivity index (χ1n) is 7.28. The van der Waals surface area contributed by atoms with E-state index in [0.717, 1.165) is 26.2 Å². The highest BCUT2D eigenvalue weighted by Gasteiger charge is 2.31. The lowest BCUT2D eigenvalue weighted by atomic mass is 10.3. The van der Waals surface area contributed by atoms with E-state index in [9.17, 15) is 18.4 Å². The SMILES string of the molecule is N#Cc1cc(N2CCNCC2)nn1-c1ccc(OC(F)(F)F)cc1. The van der Waals surface area contributed by atoms with E-state index in [1.807, 2.05) is 0 Å². The molecule has 1 fully saturated rings. The van der Waals surface area contributed by atoms with Gasteiger partial charge < -0.3 is 15.0 Å². The zero-order valence-electron chi connectivity index (χ0n) is 12.5. The number of alkyl halides is 3. The molecular formula is C15H14F3N5O. The second-order valence-corrected chi connectivity index (χ2v) is 5.19. The third-order valence-electron chi connectivity index (χ3n) is 3.57. The molecule has 0 unspecified atom stereocenters. The summed E-state index contributed by atoms with van der Waals surface area (Å²) >= 11 is 0. The Balaban J connectivity index is 1.86. The van der Waals surface area contributed by atoms with E-state index in [-0.39, 0.29) is 5.75 Å². The van der Waals surface area contributed by atoms with Crippen molar-refractivity contribution in [3.63, 3.8) is 0 Å². The van der Waals surface area contributed by atoms with Gasteiger partial charge in [-0.15, -0.1) is 18.3 Å². The van der Waals surface area contributed by atoms with Gasteiger partial charge in [-0.3, -0.25) is 0 Å². The van der Waals surface area contributed by atoms with Gasteiger partial charge in [-0.25, -0.2) is 4.68 Å². The van der Waals surface area contributed by atoms with Crippen LogP contribution in [0.1, 0.15) is 5.69 Å². The number of nitrogens with zero attached hydrogens (tertiary/aromatic N) is 4. The van der Waals surface area contributed by atoms with E-state index in [2.05, 4.69) is 26.1 Å². The van der Waals surface area contributed by atoms with E-state index < -0.39 is 6.36 Å². The average molecular weight is 337 g/mol. The summed E-state index contributed by atoms with van der Waals surface area (Å²) in [5, 5.41) is 16.9. The van der Waals surface area contributed by atoms with Crippen molar-refractivity contribution in [3.05, 3.63) is 36.0 Å². The molecule has 126 valence electrons. The van der Waals surface area contributed by atoms with Crippen molar-refractivity contribution in [2.24, 2.45) is 0 Å². The molecule has 0 bridgehead atoms. The molecule has 3 rings (SSSR count). The first-order valence-corrected chi connectivity index (χ1v) is 7.28. The van der Waals surface area contributed by atoms with Crippen LogP contribution in [0.15, 0.2) is 30.3 Å². The Morgan fingerprint density at radius 1 is 1.17 bits per heavy atom. The number of ether oxygens (including phenoxy) is 1. The van der Waals surface area contributed by atoms with Crippen LogP contribution in [-0.4, -0.2) is 42.3 Å². The third-order valence-corrected chi connectivity index (χ3v) is 3.57. The van der Waals surface area contributed by atoms with Crippen LogP contribution in [0.4, 0.5) is 19.0 Å². The number of halogens is 3. The predicted molar refractivity (Wildman–Crippen MR) is 80.0 cm³/mol. The number of hydrogen-bond donors (Lipinski definition) is 1. The van der Waals surface area contributed by atoms with Crippen molar-refractivity contribution in [1.82, 2.24) is 15.1 Å². The number of hydrogen-bond acceptors (Lipinski definition) is 5. The van der Waals surface area contributed by atoms with Crippen molar-refractivity contribution in [3.8, 4) is 17.5 Å². The third kappa shape index (κ3) is 3.60. The number of anilines is 1. The van der Waals surface area contributed by atoms with Crippen LogP contribution in [0.3, 0.4) is 0 Å².